The van der Waals surface area contributed by atoms with Crippen molar-refractivity contribution in [3.05, 3.63) is 89.8 Å². The minimum atomic E-state index is -3.71. The summed E-state index contributed by atoms with van der Waals surface area (Å²) in [5.41, 5.74) is 3.88. The Morgan fingerprint density at radius 3 is 2.42 bits per heavy atom. The summed E-state index contributed by atoms with van der Waals surface area (Å²) in [4.78, 5) is 15.1. The lowest BCUT2D eigenvalue weighted by Crippen LogP contribution is -2.26. The largest absolute Gasteiger partial charge is 0.493 e. The molecule has 0 amide bonds. The van der Waals surface area contributed by atoms with Crippen LogP contribution in [0.5, 0.6) is 11.5 Å². The fraction of sp³-hybridized carbons (Fsp3) is 0.259. The van der Waals surface area contributed by atoms with Crippen LogP contribution in [0.1, 0.15) is 36.0 Å². The molecule has 0 unspecified atom stereocenters. The van der Waals surface area contributed by atoms with Gasteiger partial charge in [-0.1, -0.05) is 36.4 Å². The van der Waals surface area contributed by atoms with Crippen molar-refractivity contribution in [2.45, 2.75) is 30.6 Å². The van der Waals surface area contributed by atoms with Gasteiger partial charge in [-0.3, -0.25) is 9.78 Å². The number of aliphatic carboxylic acids is 1. The zero-order valence-electron chi connectivity index (χ0n) is 20.3. The van der Waals surface area contributed by atoms with Gasteiger partial charge in [-0.15, -0.1) is 0 Å². The lowest BCUT2D eigenvalue weighted by atomic mass is 9.96. The summed E-state index contributed by atoms with van der Waals surface area (Å²) < 4.78 is 38.4. The number of aromatic nitrogens is 1. The number of hydrogen-bond donors (Lipinski definition) is 2. The van der Waals surface area contributed by atoms with E-state index in [1.54, 1.807) is 18.5 Å². The smallest absolute Gasteiger partial charge is 0.303 e. The maximum absolute atomic E-state index is 12.7. The number of carboxylic acids is 1. The first-order valence-electron chi connectivity index (χ1n) is 11.5. The molecule has 2 aromatic carbocycles. The topological polar surface area (TPSA) is 115 Å². The van der Waals surface area contributed by atoms with Gasteiger partial charge in [0.2, 0.25) is 10.0 Å². The zero-order chi connectivity index (χ0) is 26.0. The zero-order valence-corrected chi connectivity index (χ0v) is 21.1. The average molecular weight is 511 g/mol. The third-order valence-corrected chi connectivity index (χ3v) is 7.01. The molecule has 1 heterocycles. The maximum atomic E-state index is 12.7. The van der Waals surface area contributed by atoms with Crippen LogP contribution < -0.4 is 14.2 Å². The number of unbranched alkanes of at least 4 members (excludes halogenated alkanes) is 1. The lowest BCUT2D eigenvalue weighted by Gasteiger charge is -2.12. The molecule has 0 saturated carbocycles. The summed E-state index contributed by atoms with van der Waals surface area (Å²) in [6.07, 6.45) is 7.34. The molecule has 0 aliphatic heterocycles. The van der Waals surface area contributed by atoms with Gasteiger partial charge in [0.05, 0.1) is 19.1 Å². The molecular weight excluding hydrogens is 480 g/mol. The van der Waals surface area contributed by atoms with Gasteiger partial charge in [0.1, 0.15) is 0 Å². The summed E-state index contributed by atoms with van der Waals surface area (Å²) in [6.45, 7) is 0.233. The van der Waals surface area contributed by atoms with Crippen LogP contribution in [-0.4, -0.2) is 45.2 Å². The maximum Gasteiger partial charge on any atom is 0.303 e. The van der Waals surface area contributed by atoms with E-state index < -0.39 is 16.0 Å². The number of sulfonamides is 1. The van der Waals surface area contributed by atoms with Crippen LogP contribution in [0.3, 0.4) is 0 Å². The van der Waals surface area contributed by atoms with Gasteiger partial charge in [-0.05, 0) is 54.2 Å². The van der Waals surface area contributed by atoms with E-state index in [1.807, 2.05) is 42.5 Å². The number of nitrogens with one attached hydrogen (secondary N) is 1. The molecule has 36 heavy (non-hydrogen) atoms. The van der Waals surface area contributed by atoms with E-state index in [4.69, 9.17) is 14.6 Å². The predicted molar refractivity (Wildman–Crippen MR) is 138 cm³/mol. The summed E-state index contributed by atoms with van der Waals surface area (Å²) in [6, 6.07) is 16.2. The van der Waals surface area contributed by atoms with E-state index in [9.17, 15) is 13.2 Å². The van der Waals surface area contributed by atoms with Crippen LogP contribution in [0.25, 0.3) is 5.57 Å². The number of carbonyl (C=O) groups is 1. The number of nitrogens with zero attached hydrogens (tertiary/aromatic N) is 1. The second-order valence-electron chi connectivity index (χ2n) is 8.01. The first kappa shape index (κ1) is 26.9. The van der Waals surface area contributed by atoms with E-state index in [1.165, 1.54) is 26.4 Å². The Morgan fingerprint density at radius 1 is 1.03 bits per heavy atom. The Kier molecular flexibility index (Phi) is 9.61. The SMILES string of the molecule is COc1ccc(S(=O)(=O)NCCc2ccc(/C(=C\CCCC(=O)O)c3cccnc3)cc2)cc1OC. The number of rotatable bonds is 13. The molecule has 0 aliphatic rings. The van der Waals surface area contributed by atoms with Gasteiger partial charge in [0.15, 0.2) is 11.5 Å². The lowest BCUT2D eigenvalue weighted by molar-refractivity contribution is -0.137. The molecule has 0 radical (unpaired) electrons. The van der Waals surface area contributed by atoms with Crippen molar-refractivity contribution in [2.75, 3.05) is 20.8 Å². The van der Waals surface area contributed by atoms with E-state index in [2.05, 4.69) is 9.71 Å². The highest BCUT2D eigenvalue weighted by Gasteiger charge is 2.16. The van der Waals surface area contributed by atoms with Crippen LogP contribution in [0, 0.1) is 0 Å². The van der Waals surface area contributed by atoms with Crippen LogP contribution >= 0.6 is 0 Å². The van der Waals surface area contributed by atoms with Crippen molar-refractivity contribution in [3.63, 3.8) is 0 Å². The van der Waals surface area contributed by atoms with Crippen LogP contribution in [-0.2, 0) is 21.2 Å². The van der Waals surface area contributed by atoms with Crippen LogP contribution in [0.4, 0.5) is 0 Å². The molecule has 190 valence electrons. The Bertz CT molecular complexity index is 1290. The highest BCUT2D eigenvalue weighted by atomic mass is 32.2. The molecule has 0 bridgehead atoms. The first-order valence-corrected chi connectivity index (χ1v) is 13.0. The van der Waals surface area contributed by atoms with E-state index in [-0.39, 0.29) is 17.9 Å². The van der Waals surface area contributed by atoms with Gasteiger partial charge in [-0.2, -0.15) is 0 Å². The molecule has 0 aliphatic carbocycles. The average Bonchev–Trinajstić information content (AvgIpc) is 2.89. The summed E-state index contributed by atoms with van der Waals surface area (Å²) in [5.74, 6) is -0.00744. The fourth-order valence-corrected chi connectivity index (χ4v) is 4.72. The van der Waals surface area contributed by atoms with Crippen molar-refractivity contribution in [2.24, 2.45) is 0 Å². The Labute approximate surface area is 211 Å². The second-order valence-corrected chi connectivity index (χ2v) is 9.77. The molecule has 2 N–H and O–H groups in total. The number of carboxylic acid groups (broad SMARTS) is 1. The first-order chi connectivity index (χ1) is 17.3. The second kappa shape index (κ2) is 12.9. The molecule has 0 atom stereocenters. The molecule has 0 spiro atoms. The Balaban J connectivity index is 1.66. The molecule has 0 fully saturated rings. The quantitative estimate of drug-likeness (QED) is 0.329. The van der Waals surface area contributed by atoms with Crippen molar-refractivity contribution in [1.82, 2.24) is 9.71 Å². The van der Waals surface area contributed by atoms with Crippen molar-refractivity contribution < 1.29 is 27.8 Å². The monoisotopic (exact) mass is 510 g/mol. The van der Waals surface area contributed by atoms with E-state index in [0.29, 0.717) is 30.8 Å². The standard InChI is InChI=1S/C27H30N2O6S/c1-34-25-14-13-23(18-26(25)35-2)36(32,33)29-17-15-20-9-11-21(12-10-20)24(7-3-4-8-27(30)31)22-6-5-16-28-19-22/h5-7,9-14,16,18-19,29H,3-4,8,15,17H2,1-2H3,(H,30,31)/b24-7+. The fourth-order valence-electron chi connectivity index (χ4n) is 3.67. The van der Waals surface area contributed by atoms with E-state index in [0.717, 1.165) is 22.3 Å². The Morgan fingerprint density at radius 2 is 1.78 bits per heavy atom. The van der Waals surface area contributed by atoms with Crippen molar-refractivity contribution >= 4 is 21.6 Å². The van der Waals surface area contributed by atoms with Crippen molar-refractivity contribution in [3.8, 4) is 11.5 Å². The summed E-state index contributed by atoms with van der Waals surface area (Å²) in [5, 5.41) is 8.89. The third kappa shape index (κ3) is 7.40. The molecular formula is C27H30N2O6S. The third-order valence-electron chi connectivity index (χ3n) is 5.55. The number of benzene rings is 2. The molecule has 1 aromatic heterocycles. The predicted octanol–water partition coefficient (Wildman–Crippen LogP) is 4.31. The Hall–Kier alpha value is -3.69. The number of methoxy groups -OCH3 is 2. The van der Waals surface area contributed by atoms with Gasteiger partial charge in [0.25, 0.3) is 0 Å². The summed E-state index contributed by atoms with van der Waals surface area (Å²) >= 11 is 0. The molecule has 0 saturated heterocycles. The van der Waals surface area contributed by atoms with Gasteiger partial charge in [-0.25, -0.2) is 13.1 Å². The molecule has 3 aromatic rings. The van der Waals surface area contributed by atoms with E-state index >= 15 is 0 Å². The van der Waals surface area contributed by atoms with Gasteiger partial charge < -0.3 is 14.6 Å². The molecule has 3 rings (SSSR count). The van der Waals surface area contributed by atoms with Crippen LogP contribution in [0.15, 0.2) is 78.0 Å². The normalized spacial score (nSPS) is 11.8. The number of pyridine rings is 1. The minimum absolute atomic E-state index is 0.102. The van der Waals surface area contributed by atoms with Gasteiger partial charge >= 0.3 is 5.97 Å². The molecule has 9 heteroatoms. The number of hydrogen-bond acceptors (Lipinski definition) is 6. The minimum Gasteiger partial charge on any atom is -0.493 e. The highest BCUT2D eigenvalue weighted by molar-refractivity contribution is 7.89. The number of ether oxygens (including phenoxy) is 2. The number of allylic oxidation sites excluding steroid dienone is 1. The van der Waals surface area contributed by atoms with Crippen molar-refractivity contribution in [1.29, 1.82) is 0 Å². The molecule has 8 nitrogen and oxygen atoms in total. The summed E-state index contributed by atoms with van der Waals surface area (Å²) in [7, 11) is -0.763. The highest BCUT2D eigenvalue weighted by Crippen LogP contribution is 2.29. The van der Waals surface area contributed by atoms with Gasteiger partial charge in [0, 0.05) is 37.0 Å². The van der Waals surface area contributed by atoms with Crippen LogP contribution in [0.2, 0.25) is 0 Å².